The number of aromatic amines is 1. The van der Waals surface area contributed by atoms with Gasteiger partial charge in [-0.15, -0.1) is 5.10 Å². The largest absolute Gasteiger partial charge is 0.508 e. The Bertz CT molecular complexity index is 665. The summed E-state index contributed by atoms with van der Waals surface area (Å²) in [5, 5.41) is 16.4. The van der Waals surface area contributed by atoms with Crippen LogP contribution in [0.5, 0.6) is 5.75 Å². The van der Waals surface area contributed by atoms with Crippen molar-refractivity contribution in [2.45, 2.75) is 32.7 Å². The van der Waals surface area contributed by atoms with Gasteiger partial charge in [0.25, 0.3) is 5.91 Å². The summed E-state index contributed by atoms with van der Waals surface area (Å²) in [6.45, 7) is 3.19. The number of phenolic OH excluding ortho intramolecular Hbond substituents is 1. The first-order valence-electron chi connectivity index (χ1n) is 7.18. The molecule has 2 N–H and O–H groups in total. The fourth-order valence-corrected chi connectivity index (χ4v) is 2.60. The van der Waals surface area contributed by atoms with Crippen molar-refractivity contribution < 1.29 is 9.90 Å². The van der Waals surface area contributed by atoms with Crippen LogP contribution in [0.25, 0.3) is 0 Å². The summed E-state index contributed by atoms with van der Waals surface area (Å²) in [5.41, 5.74) is 2.16. The highest BCUT2D eigenvalue weighted by molar-refractivity contribution is 5.90. The normalized spacial score (nSPS) is 14.0. The van der Waals surface area contributed by atoms with Crippen LogP contribution in [0, 0.1) is 0 Å². The van der Waals surface area contributed by atoms with Crippen molar-refractivity contribution in [1.82, 2.24) is 20.1 Å². The number of hydrogen-bond donors (Lipinski definition) is 2. The number of carbonyl (C=O) groups excluding carboxylic acids is 1. The van der Waals surface area contributed by atoms with E-state index in [9.17, 15) is 9.90 Å². The van der Waals surface area contributed by atoms with E-state index < -0.39 is 0 Å². The lowest BCUT2D eigenvalue weighted by Gasteiger charge is -2.28. The first-order chi connectivity index (χ1) is 10.2. The highest BCUT2D eigenvalue weighted by Gasteiger charge is 2.24. The zero-order valence-corrected chi connectivity index (χ0v) is 12.0. The number of aromatic nitrogens is 3. The van der Waals surface area contributed by atoms with Gasteiger partial charge in [-0.3, -0.25) is 9.89 Å². The molecule has 1 aromatic carbocycles. The zero-order chi connectivity index (χ0) is 14.8. The van der Waals surface area contributed by atoms with Gasteiger partial charge in [0.05, 0.1) is 0 Å². The van der Waals surface area contributed by atoms with E-state index in [-0.39, 0.29) is 17.5 Å². The Kier molecular flexibility index (Phi) is 3.60. The molecule has 1 aromatic heterocycles. The number of aryl methyl sites for hydroxylation is 1. The standard InChI is InChI=1S/C15H18N4O2/c1-2-3-13-16-14(18-17-13)15(21)19-7-6-10-4-5-12(20)8-11(10)9-19/h4-5,8,20H,2-3,6-7,9H2,1H3,(H,16,17,18). The van der Waals surface area contributed by atoms with Gasteiger partial charge < -0.3 is 10.0 Å². The van der Waals surface area contributed by atoms with Crippen molar-refractivity contribution in [3.63, 3.8) is 0 Å². The molecule has 0 atom stereocenters. The molecule has 21 heavy (non-hydrogen) atoms. The van der Waals surface area contributed by atoms with Crippen LogP contribution in [-0.4, -0.2) is 37.6 Å². The molecule has 0 radical (unpaired) electrons. The molecule has 6 nitrogen and oxygen atoms in total. The quantitative estimate of drug-likeness (QED) is 0.899. The number of rotatable bonds is 3. The molecule has 0 bridgehead atoms. The van der Waals surface area contributed by atoms with E-state index in [4.69, 9.17) is 0 Å². The second-order valence-electron chi connectivity index (χ2n) is 5.29. The van der Waals surface area contributed by atoms with Gasteiger partial charge in [-0.1, -0.05) is 13.0 Å². The van der Waals surface area contributed by atoms with Crippen molar-refractivity contribution in [2.24, 2.45) is 0 Å². The zero-order valence-electron chi connectivity index (χ0n) is 12.0. The number of fused-ring (bicyclic) bond motifs is 1. The Morgan fingerprint density at radius 2 is 2.29 bits per heavy atom. The third kappa shape index (κ3) is 2.74. The Hall–Kier alpha value is -2.37. The molecule has 0 saturated carbocycles. The number of amides is 1. The summed E-state index contributed by atoms with van der Waals surface area (Å²) >= 11 is 0. The molecule has 0 spiro atoms. The van der Waals surface area contributed by atoms with Crippen molar-refractivity contribution in [1.29, 1.82) is 0 Å². The van der Waals surface area contributed by atoms with E-state index in [1.807, 2.05) is 6.07 Å². The van der Waals surface area contributed by atoms with Crippen molar-refractivity contribution in [3.8, 4) is 5.75 Å². The van der Waals surface area contributed by atoms with Gasteiger partial charge in [0.2, 0.25) is 5.82 Å². The summed E-state index contributed by atoms with van der Waals surface area (Å²) < 4.78 is 0. The lowest BCUT2D eigenvalue weighted by Crippen LogP contribution is -2.36. The summed E-state index contributed by atoms with van der Waals surface area (Å²) in [4.78, 5) is 18.4. The van der Waals surface area contributed by atoms with Crippen molar-refractivity contribution >= 4 is 5.91 Å². The number of aromatic hydroxyl groups is 1. The lowest BCUT2D eigenvalue weighted by atomic mass is 9.99. The van der Waals surface area contributed by atoms with Gasteiger partial charge in [0.1, 0.15) is 11.6 Å². The Morgan fingerprint density at radius 3 is 3.10 bits per heavy atom. The number of phenols is 1. The molecular formula is C15H18N4O2. The number of benzene rings is 1. The predicted octanol–water partition coefficient (Wildman–Crippen LogP) is 1.66. The molecule has 0 saturated heterocycles. The number of nitrogens with zero attached hydrogens (tertiary/aromatic N) is 3. The van der Waals surface area contributed by atoms with Crippen LogP contribution < -0.4 is 0 Å². The molecule has 2 aromatic rings. The van der Waals surface area contributed by atoms with Gasteiger partial charge in [-0.25, -0.2) is 4.98 Å². The second kappa shape index (κ2) is 5.55. The third-order valence-corrected chi connectivity index (χ3v) is 3.70. The second-order valence-corrected chi connectivity index (χ2v) is 5.29. The number of H-pyrrole nitrogens is 1. The summed E-state index contributed by atoms with van der Waals surface area (Å²) in [7, 11) is 0. The summed E-state index contributed by atoms with van der Waals surface area (Å²) in [6.07, 6.45) is 2.53. The molecule has 1 aliphatic heterocycles. The van der Waals surface area contributed by atoms with E-state index in [0.717, 1.165) is 30.7 Å². The number of carbonyl (C=O) groups is 1. The van der Waals surface area contributed by atoms with Crippen LogP contribution in [0.3, 0.4) is 0 Å². The SMILES string of the molecule is CCCc1nc(C(=O)N2CCc3ccc(O)cc3C2)n[nH]1. The lowest BCUT2D eigenvalue weighted by molar-refractivity contribution is 0.0722. The molecule has 110 valence electrons. The first-order valence-corrected chi connectivity index (χ1v) is 7.18. The molecule has 0 fully saturated rings. The molecular weight excluding hydrogens is 268 g/mol. The smallest absolute Gasteiger partial charge is 0.293 e. The van der Waals surface area contributed by atoms with Crippen LogP contribution >= 0.6 is 0 Å². The van der Waals surface area contributed by atoms with Gasteiger partial charge in [-0.2, -0.15) is 0 Å². The molecule has 0 unspecified atom stereocenters. The van der Waals surface area contributed by atoms with Gasteiger partial charge in [0, 0.05) is 19.5 Å². The van der Waals surface area contributed by atoms with Crippen molar-refractivity contribution in [2.75, 3.05) is 6.54 Å². The summed E-state index contributed by atoms with van der Waals surface area (Å²) in [5.74, 6) is 1.03. The minimum Gasteiger partial charge on any atom is -0.508 e. The average Bonchev–Trinajstić information content (AvgIpc) is 2.94. The van der Waals surface area contributed by atoms with Gasteiger partial charge in [0.15, 0.2) is 0 Å². The Labute approximate surface area is 122 Å². The maximum Gasteiger partial charge on any atom is 0.293 e. The first kappa shape index (κ1) is 13.6. The number of hydrogen-bond acceptors (Lipinski definition) is 4. The predicted molar refractivity (Wildman–Crippen MR) is 76.9 cm³/mol. The van der Waals surface area contributed by atoms with Crippen LogP contribution in [0.2, 0.25) is 0 Å². The highest BCUT2D eigenvalue weighted by atomic mass is 16.3. The monoisotopic (exact) mass is 286 g/mol. The topological polar surface area (TPSA) is 82.1 Å². The van der Waals surface area contributed by atoms with Crippen LogP contribution in [0.15, 0.2) is 18.2 Å². The van der Waals surface area contributed by atoms with E-state index in [1.165, 1.54) is 5.56 Å². The Balaban J connectivity index is 1.76. The molecule has 3 rings (SSSR count). The van der Waals surface area contributed by atoms with Crippen LogP contribution in [-0.2, 0) is 19.4 Å². The molecule has 6 heteroatoms. The van der Waals surface area contributed by atoms with E-state index >= 15 is 0 Å². The highest BCUT2D eigenvalue weighted by Crippen LogP contribution is 2.23. The van der Waals surface area contributed by atoms with E-state index in [2.05, 4.69) is 22.1 Å². The number of nitrogens with one attached hydrogen (secondary N) is 1. The molecule has 1 amide bonds. The van der Waals surface area contributed by atoms with Crippen LogP contribution in [0.4, 0.5) is 0 Å². The maximum absolute atomic E-state index is 12.4. The minimum atomic E-state index is -0.164. The fraction of sp³-hybridized carbons (Fsp3) is 0.400. The van der Waals surface area contributed by atoms with Gasteiger partial charge >= 0.3 is 0 Å². The Morgan fingerprint density at radius 1 is 1.43 bits per heavy atom. The molecule has 0 aliphatic carbocycles. The minimum absolute atomic E-state index is 0.164. The van der Waals surface area contributed by atoms with Crippen LogP contribution in [0.1, 0.15) is 40.9 Å². The fourth-order valence-electron chi connectivity index (χ4n) is 2.60. The van der Waals surface area contributed by atoms with Gasteiger partial charge in [-0.05, 0) is 36.1 Å². The average molecular weight is 286 g/mol. The van der Waals surface area contributed by atoms with E-state index in [1.54, 1.807) is 17.0 Å². The van der Waals surface area contributed by atoms with E-state index in [0.29, 0.717) is 13.1 Å². The maximum atomic E-state index is 12.4. The third-order valence-electron chi connectivity index (χ3n) is 3.70. The van der Waals surface area contributed by atoms with Crippen molar-refractivity contribution in [3.05, 3.63) is 41.0 Å². The molecule has 2 heterocycles. The summed E-state index contributed by atoms with van der Waals surface area (Å²) in [6, 6.07) is 5.32. The molecule has 1 aliphatic rings.